The first-order valence-electron chi connectivity index (χ1n) is 9.80. The number of benzene rings is 1. The van der Waals surface area contributed by atoms with Crippen molar-refractivity contribution in [2.75, 3.05) is 12.3 Å². The summed E-state index contributed by atoms with van der Waals surface area (Å²) < 4.78 is 1.94. The molecule has 5 N–H and O–H groups in total. The van der Waals surface area contributed by atoms with Gasteiger partial charge in [-0.1, -0.05) is 30.3 Å². The molecule has 0 bridgehead atoms. The molecule has 1 aromatic carbocycles. The van der Waals surface area contributed by atoms with Gasteiger partial charge >= 0.3 is 0 Å². The van der Waals surface area contributed by atoms with Crippen molar-refractivity contribution < 1.29 is 10.2 Å². The van der Waals surface area contributed by atoms with Crippen molar-refractivity contribution in [2.24, 2.45) is 5.41 Å². The number of nitrogens with two attached hydrogens (primary N) is 1. The van der Waals surface area contributed by atoms with E-state index in [4.69, 9.17) is 5.73 Å². The second-order valence-electron chi connectivity index (χ2n) is 8.17. The second kappa shape index (κ2) is 6.55. The van der Waals surface area contributed by atoms with E-state index in [1.807, 2.05) is 22.9 Å². The van der Waals surface area contributed by atoms with Gasteiger partial charge in [-0.2, -0.15) is 0 Å². The van der Waals surface area contributed by atoms with Crippen molar-refractivity contribution in [3.8, 4) is 0 Å². The summed E-state index contributed by atoms with van der Waals surface area (Å²) in [6, 6.07) is 12.3. The summed E-state index contributed by atoms with van der Waals surface area (Å²) >= 11 is 0. The van der Waals surface area contributed by atoms with E-state index in [2.05, 4.69) is 39.6 Å². The molecule has 146 valence electrons. The van der Waals surface area contributed by atoms with Crippen LogP contribution in [0.1, 0.15) is 36.9 Å². The topological polar surface area (TPSA) is 109 Å². The zero-order valence-electron chi connectivity index (χ0n) is 15.6. The first-order valence-corrected chi connectivity index (χ1v) is 9.80. The average Bonchev–Trinajstić information content (AvgIpc) is 3.26. The summed E-state index contributed by atoms with van der Waals surface area (Å²) in [5, 5.41) is 26.2. The molecule has 1 saturated heterocycles. The Bertz CT molecular complexity index is 981. The number of nitrogens with one attached hydrogen (secondary N) is 1. The van der Waals surface area contributed by atoms with Gasteiger partial charge in [-0.05, 0) is 30.9 Å². The number of nitrogens with zero attached hydrogens (tertiary/aromatic N) is 3. The highest BCUT2D eigenvalue weighted by molar-refractivity contribution is 5.86. The molecule has 0 amide bonds. The van der Waals surface area contributed by atoms with Crippen LogP contribution in [0, 0.1) is 5.41 Å². The van der Waals surface area contributed by atoms with Crippen LogP contribution in [0.3, 0.4) is 0 Å². The van der Waals surface area contributed by atoms with Crippen molar-refractivity contribution >= 4 is 16.9 Å². The standard InChI is InChI=1S/C21H25N5O2/c22-19-14-7-9-26(20(14)25-12-24-19)16-10-21(18(28)17(16)27)8-6-15(23-11-21)13-4-2-1-3-5-13/h1-5,7,9,12,15-18,23,27-28H,6,8,10-11H2,(H2,22,24,25)/t15-,16-,17+,18+,21+/m1/s1. The van der Waals surface area contributed by atoms with Gasteiger partial charge in [-0.25, -0.2) is 9.97 Å². The highest BCUT2D eigenvalue weighted by atomic mass is 16.3. The molecule has 1 aliphatic carbocycles. The number of hydrogen-bond acceptors (Lipinski definition) is 6. The van der Waals surface area contributed by atoms with E-state index in [9.17, 15) is 10.2 Å². The molecule has 2 aliphatic rings. The van der Waals surface area contributed by atoms with Gasteiger partial charge in [0, 0.05) is 24.2 Å². The molecule has 1 saturated carbocycles. The van der Waals surface area contributed by atoms with Gasteiger partial charge in [0.25, 0.3) is 0 Å². The molecular weight excluding hydrogens is 354 g/mol. The van der Waals surface area contributed by atoms with E-state index in [-0.39, 0.29) is 17.5 Å². The van der Waals surface area contributed by atoms with Crippen molar-refractivity contribution in [3.05, 3.63) is 54.5 Å². The van der Waals surface area contributed by atoms with E-state index < -0.39 is 12.2 Å². The number of hydrogen-bond donors (Lipinski definition) is 4. The highest BCUT2D eigenvalue weighted by Crippen LogP contribution is 2.50. The van der Waals surface area contributed by atoms with Crippen LogP contribution in [0.25, 0.3) is 11.0 Å². The van der Waals surface area contributed by atoms with Gasteiger partial charge in [0.05, 0.1) is 17.5 Å². The number of rotatable bonds is 2. The first kappa shape index (κ1) is 17.6. The van der Waals surface area contributed by atoms with E-state index >= 15 is 0 Å². The average molecular weight is 379 g/mol. The number of nitrogen functional groups attached to an aromatic ring is 1. The maximum Gasteiger partial charge on any atom is 0.145 e. The lowest BCUT2D eigenvalue weighted by molar-refractivity contribution is -0.0398. The Morgan fingerprint density at radius 1 is 1.14 bits per heavy atom. The maximum absolute atomic E-state index is 11.0. The lowest BCUT2D eigenvalue weighted by atomic mass is 9.74. The van der Waals surface area contributed by atoms with E-state index in [0.717, 1.165) is 18.2 Å². The number of piperidine rings is 1. The highest BCUT2D eigenvalue weighted by Gasteiger charge is 2.54. The third-order valence-corrected chi connectivity index (χ3v) is 6.69. The Morgan fingerprint density at radius 2 is 1.96 bits per heavy atom. The first-order chi connectivity index (χ1) is 13.6. The molecule has 1 spiro atoms. The summed E-state index contributed by atoms with van der Waals surface area (Å²) in [5.74, 6) is 0.427. The minimum Gasteiger partial charge on any atom is -0.390 e. The summed E-state index contributed by atoms with van der Waals surface area (Å²) in [6.45, 7) is 0.678. The Hall–Kier alpha value is -2.48. The molecule has 7 nitrogen and oxygen atoms in total. The molecule has 2 aromatic heterocycles. The van der Waals surface area contributed by atoms with Crippen LogP contribution in [-0.2, 0) is 0 Å². The SMILES string of the molecule is Nc1ncnc2c1ccn2[C@@H]1C[C@]2(CC[C@H](c3ccccc3)NC2)[C@@H](O)[C@H]1O. The van der Waals surface area contributed by atoms with Crippen LogP contribution in [-0.4, -0.2) is 43.5 Å². The van der Waals surface area contributed by atoms with Gasteiger partial charge in [-0.15, -0.1) is 0 Å². The van der Waals surface area contributed by atoms with E-state index in [1.165, 1.54) is 11.9 Å². The molecule has 0 radical (unpaired) electrons. The zero-order chi connectivity index (χ0) is 19.3. The van der Waals surface area contributed by atoms with Crippen LogP contribution in [0.15, 0.2) is 48.9 Å². The Balaban J connectivity index is 1.40. The Morgan fingerprint density at radius 3 is 2.71 bits per heavy atom. The largest absolute Gasteiger partial charge is 0.390 e. The maximum atomic E-state index is 11.0. The van der Waals surface area contributed by atoms with Crippen molar-refractivity contribution in [2.45, 2.75) is 43.6 Å². The quantitative estimate of drug-likeness (QED) is 0.541. The van der Waals surface area contributed by atoms with Crippen LogP contribution in [0.4, 0.5) is 5.82 Å². The predicted octanol–water partition coefficient (Wildman–Crippen LogP) is 1.79. The summed E-state index contributed by atoms with van der Waals surface area (Å²) in [4.78, 5) is 8.39. The Kier molecular flexibility index (Phi) is 4.12. The molecule has 5 atom stereocenters. The van der Waals surface area contributed by atoms with E-state index in [1.54, 1.807) is 0 Å². The lowest BCUT2D eigenvalue weighted by Crippen LogP contribution is -2.48. The van der Waals surface area contributed by atoms with Crippen LogP contribution < -0.4 is 11.1 Å². The zero-order valence-corrected chi connectivity index (χ0v) is 15.6. The minimum absolute atomic E-state index is 0.239. The van der Waals surface area contributed by atoms with Gasteiger partial charge in [0.15, 0.2) is 0 Å². The molecule has 7 heteroatoms. The smallest absolute Gasteiger partial charge is 0.145 e. The fourth-order valence-corrected chi connectivity index (χ4v) is 5.10. The van der Waals surface area contributed by atoms with Gasteiger partial charge in [-0.3, -0.25) is 0 Å². The lowest BCUT2D eigenvalue weighted by Gasteiger charge is -2.40. The fourth-order valence-electron chi connectivity index (χ4n) is 5.10. The van der Waals surface area contributed by atoms with Crippen LogP contribution in [0.2, 0.25) is 0 Å². The fraction of sp³-hybridized carbons (Fsp3) is 0.429. The number of fused-ring (bicyclic) bond motifs is 1. The number of aliphatic hydroxyl groups excluding tert-OH is 2. The molecular formula is C21H25N5O2. The number of aliphatic hydroxyl groups is 2. The third kappa shape index (κ3) is 2.62. The molecule has 2 fully saturated rings. The summed E-state index contributed by atoms with van der Waals surface area (Å²) in [6.07, 6.45) is 4.19. The van der Waals surface area contributed by atoms with Gasteiger partial charge in [0.2, 0.25) is 0 Å². The van der Waals surface area contributed by atoms with Crippen molar-refractivity contribution in [1.29, 1.82) is 0 Å². The molecule has 0 unspecified atom stereocenters. The molecule has 3 heterocycles. The van der Waals surface area contributed by atoms with E-state index in [0.29, 0.717) is 24.4 Å². The van der Waals surface area contributed by atoms with Crippen molar-refractivity contribution in [3.63, 3.8) is 0 Å². The van der Waals surface area contributed by atoms with Crippen LogP contribution in [0.5, 0.6) is 0 Å². The number of anilines is 1. The van der Waals surface area contributed by atoms with Crippen LogP contribution >= 0.6 is 0 Å². The monoisotopic (exact) mass is 379 g/mol. The van der Waals surface area contributed by atoms with Gasteiger partial charge < -0.3 is 25.8 Å². The number of aromatic nitrogens is 3. The third-order valence-electron chi connectivity index (χ3n) is 6.69. The minimum atomic E-state index is -0.845. The summed E-state index contributed by atoms with van der Waals surface area (Å²) in [5.41, 5.74) is 7.58. The molecule has 5 rings (SSSR count). The normalized spacial score (nSPS) is 32.9. The molecule has 1 aliphatic heterocycles. The molecule has 3 aromatic rings. The Labute approximate surface area is 163 Å². The summed E-state index contributed by atoms with van der Waals surface area (Å²) in [7, 11) is 0. The molecule has 28 heavy (non-hydrogen) atoms. The second-order valence-corrected chi connectivity index (χ2v) is 8.17. The van der Waals surface area contributed by atoms with Crippen molar-refractivity contribution in [1.82, 2.24) is 19.9 Å². The predicted molar refractivity (Wildman–Crippen MR) is 106 cm³/mol. The van der Waals surface area contributed by atoms with Gasteiger partial charge in [0.1, 0.15) is 23.9 Å².